The quantitative estimate of drug-likeness (QED) is 0.255. The van der Waals surface area contributed by atoms with Crippen LogP contribution in [0.4, 0.5) is 18.9 Å². The summed E-state index contributed by atoms with van der Waals surface area (Å²) in [5, 5.41) is 5.06. The van der Waals surface area contributed by atoms with Gasteiger partial charge < -0.3 is 15.5 Å². The van der Waals surface area contributed by atoms with E-state index in [1.807, 2.05) is 33.8 Å². The predicted molar refractivity (Wildman–Crippen MR) is 178 cm³/mol. The van der Waals surface area contributed by atoms with Crippen molar-refractivity contribution in [2.45, 2.75) is 108 Å². The lowest BCUT2D eigenvalue weighted by Crippen LogP contribution is -2.57. The van der Waals surface area contributed by atoms with Crippen LogP contribution in [0.1, 0.15) is 81.8 Å². The molecular formula is C36H46ClF3N6O. The number of anilines is 1. The number of benzene rings is 2. The topological polar surface area (TPSA) is 80.3 Å². The van der Waals surface area contributed by atoms with E-state index in [9.17, 15) is 18.0 Å². The zero-order chi connectivity index (χ0) is 33.0. The number of carbonyl (C=O) groups is 1. The van der Waals surface area contributed by atoms with E-state index in [1.165, 1.54) is 44.2 Å². The summed E-state index contributed by atoms with van der Waals surface area (Å²) in [6.45, 7) is 2.07. The number of alkyl halides is 3. The summed E-state index contributed by atoms with van der Waals surface area (Å²) in [5.41, 5.74) is 7.22. The number of hydrogen-bond acceptors (Lipinski definition) is 5. The van der Waals surface area contributed by atoms with Crippen LogP contribution in [0.5, 0.6) is 0 Å². The van der Waals surface area contributed by atoms with Gasteiger partial charge in [0.05, 0.1) is 5.56 Å². The predicted octanol–water partition coefficient (Wildman–Crippen LogP) is 7.53. The maximum Gasteiger partial charge on any atom is 0.416 e. The zero-order valence-electron chi connectivity index (χ0n) is 26.9. The minimum atomic E-state index is -4.44. The molecule has 1 amide bonds. The Labute approximate surface area is 280 Å². The van der Waals surface area contributed by atoms with Gasteiger partial charge in [-0.15, -0.1) is 0 Å². The van der Waals surface area contributed by atoms with Crippen LogP contribution in [0.2, 0.25) is 5.02 Å². The molecule has 254 valence electrons. The van der Waals surface area contributed by atoms with E-state index >= 15 is 0 Å². The molecule has 2 aliphatic carbocycles. The SMILES string of the molecule is NC1CCC(N(c2ccc(C(F)(F)F)cc2)[C@H](Cc2ccc(Cl)cc2)C(=O)N2CCC(Cn3cncn3)(C3CCCCC3)CC2)CC1. The first-order chi connectivity index (χ1) is 22.6. The highest BCUT2D eigenvalue weighted by atomic mass is 35.5. The molecule has 1 aliphatic heterocycles. The second-order valence-electron chi connectivity index (χ2n) is 14.0. The normalized spacial score (nSPS) is 23.0. The van der Waals surface area contributed by atoms with Crippen molar-refractivity contribution >= 4 is 23.2 Å². The summed E-state index contributed by atoms with van der Waals surface area (Å²) in [4.78, 5) is 23.2. The Kier molecular flexibility index (Phi) is 10.5. The van der Waals surface area contributed by atoms with Gasteiger partial charge in [0.1, 0.15) is 18.7 Å². The number of hydrogen-bond donors (Lipinski definition) is 1. The monoisotopic (exact) mass is 670 g/mol. The fraction of sp³-hybridized carbons (Fsp3) is 0.583. The molecule has 1 saturated heterocycles. The summed E-state index contributed by atoms with van der Waals surface area (Å²) in [5.74, 6) is 0.602. The van der Waals surface area contributed by atoms with E-state index in [1.54, 1.807) is 12.7 Å². The summed E-state index contributed by atoms with van der Waals surface area (Å²) in [6.07, 6.45) is 10.4. The van der Waals surface area contributed by atoms with Gasteiger partial charge in [-0.3, -0.25) is 9.48 Å². The Morgan fingerprint density at radius 1 is 0.957 bits per heavy atom. The van der Waals surface area contributed by atoms with Gasteiger partial charge in [-0.25, -0.2) is 4.98 Å². The van der Waals surface area contributed by atoms with Crippen molar-refractivity contribution in [2.24, 2.45) is 17.1 Å². The second kappa shape index (κ2) is 14.6. The van der Waals surface area contributed by atoms with Crippen LogP contribution in [0.15, 0.2) is 61.2 Å². The van der Waals surface area contributed by atoms with Gasteiger partial charge in [0, 0.05) is 48.8 Å². The first-order valence-corrected chi connectivity index (χ1v) is 17.6. The van der Waals surface area contributed by atoms with Crippen molar-refractivity contribution in [1.82, 2.24) is 19.7 Å². The van der Waals surface area contributed by atoms with Crippen LogP contribution in [0, 0.1) is 11.3 Å². The average Bonchev–Trinajstić information content (AvgIpc) is 3.59. The minimum Gasteiger partial charge on any atom is -0.356 e. The van der Waals surface area contributed by atoms with Crippen LogP contribution in [-0.2, 0) is 23.9 Å². The Balaban J connectivity index is 1.31. The van der Waals surface area contributed by atoms with Crippen molar-refractivity contribution in [3.05, 3.63) is 77.3 Å². The Bertz CT molecular complexity index is 1430. The molecule has 2 saturated carbocycles. The molecule has 47 heavy (non-hydrogen) atoms. The van der Waals surface area contributed by atoms with Crippen molar-refractivity contribution in [3.63, 3.8) is 0 Å². The van der Waals surface area contributed by atoms with Crippen LogP contribution >= 0.6 is 11.6 Å². The van der Waals surface area contributed by atoms with E-state index in [2.05, 4.69) is 15.0 Å². The second-order valence-corrected chi connectivity index (χ2v) is 14.4. The highest BCUT2D eigenvalue weighted by Crippen LogP contribution is 2.47. The Hall–Kier alpha value is -3.11. The molecule has 3 aromatic rings. The molecule has 2 aromatic carbocycles. The third-order valence-electron chi connectivity index (χ3n) is 11.1. The maximum atomic E-state index is 14.8. The van der Waals surface area contributed by atoms with Gasteiger partial charge in [-0.2, -0.15) is 18.3 Å². The summed E-state index contributed by atoms with van der Waals surface area (Å²) < 4.78 is 42.7. The minimum absolute atomic E-state index is 0.0210. The van der Waals surface area contributed by atoms with Crippen molar-refractivity contribution < 1.29 is 18.0 Å². The molecule has 0 bridgehead atoms. The van der Waals surface area contributed by atoms with E-state index in [4.69, 9.17) is 17.3 Å². The van der Waals surface area contributed by atoms with Gasteiger partial charge >= 0.3 is 6.18 Å². The average molecular weight is 671 g/mol. The molecule has 0 unspecified atom stereocenters. The van der Waals surface area contributed by atoms with Crippen molar-refractivity contribution in [2.75, 3.05) is 18.0 Å². The highest BCUT2D eigenvalue weighted by Gasteiger charge is 2.45. The lowest BCUT2D eigenvalue weighted by atomic mass is 9.63. The number of rotatable bonds is 9. The number of carbonyl (C=O) groups excluding carboxylic acids is 1. The first-order valence-electron chi connectivity index (χ1n) is 17.2. The van der Waals surface area contributed by atoms with E-state index in [0.29, 0.717) is 36.1 Å². The fourth-order valence-corrected chi connectivity index (χ4v) is 8.55. The Morgan fingerprint density at radius 2 is 1.62 bits per heavy atom. The van der Waals surface area contributed by atoms with Gasteiger partial charge in [0.15, 0.2) is 0 Å². The van der Waals surface area contributed by atoms with Gasteiger partial charge in [-0.05, 0) is 105 Å². The molecule has 1 aromatic heterocycles. The highest BCUT2D eigenvalue weighted by molar-refractivity contribution is 6.30. The van der Waals surface area contributed by atoms with E-state index in [0.717, 1.165) is 62.8 Å². The molecule has 1 atom stereocenters. The molecule has 7 nitrogen and oxygen atoms in total. The zero-order valence-corrected chi connectivity index (χ0v) is 27.7. The third kappa shape index (κ3) is 7.96. The fourth-order valence-electron chi connectivity index (χ4n) is 8.43. The lowest BCUT2D eigenvalue weighted by Gasteiger charge is -2.49. The number of amides is 1. The number of aromatic nitrogens is 3. The summed E-state index contributed by atoms with van der Waals surface area (Å²) >= 11 is 6.22. The number of nitrogens with two attached hydrogens (primary N) is 1. The summed E-state index contributed by atoms with van der Waals surface area (Å²) in [6, 6.07) is 12.3. The van der Waals surface area contributed by atoms with Crippen LogP contribution in [0.25, 0.3) is 0 Å². The summed E-state index contributed by atoms with van der Waals surface area (Å²) in [7, 11) is 0. The van der Waals surface area contributed by atoms with Crippen LogP contribution < -0.4 is 10.6 Å². The van der Waals surface area contributed by atoms with Gasteiger partial charge in [0.2, 0.25) is 5.91 Å². The smallest absolute Gasteiger partial charge is 0.356 e. The molecule has 6 rings (SSSR count). The van der Waals surface area contributed by atoms with Gasteiger partial charge in [0.25, 0.3) is 0 Å². The molecule has 2 heterocycles. The van der Waals surface area contributed by atoms with E-state index < -0.39 is 17.8 Å². The molecule has 3 fully saturated rings. The first kappa shape index (κ1) is 33.8. The number of piperidine rings is 1. The number of halogens is 4. The van der Waals surface area contributed by atoms with Crippen LogP contribution in [0.3, 0.4) is 0 Å². The molecule has 2 N–H and O–H groups in total. The number of nitrogens with zero attached hydrogens (tertiary/aromatic N) is 5. The third-order valence-corrected chi connectivity index (χ3v) is 11.3. The van der Waals surface area contributed by atoms with Crippen LogP contribution in [-0.4, -0.2) is 56.8 Å². The van der Waals surface area contributed by atoms with Crippen molar-refractivity contribution in [1.29, 1.82) is 0 Å². The Morgan fingerprint density at radius 3 is 2.21 bits per heavy atom. The molecule has 0 spiro atoms. The molecule has 0 radical (unpaired) electrons. The lowest BCUT2D eigenvalue weighted by molar-refractivity contribution is -0.138. The maximum absolute atomic E-state index is 14.8. The van der Waals surface area contributed by atoms with Crippen molar-refractivity contribution in [3.8, 4) is 0 Å². The number of likely N-dealkylation sites (tertiary alicyclic amines) is 1. The standard InChI is InChI=1S/C36H46ClF3N6O/c37-29-10-6-26(7-11-29)22-33(46(32-16-12-30(41)13-17-32)31-14-8-28(9-15-31)36(38,39)40)34(47)44-20-18-35(19-21-44,23-45-25-42-24-43-45)27-4-2-1-3-5-27/h6-11,14-15,24-25,27,30,32-33H,1-5,12-13,16-23,41H2/t30?,32?,33-/m1/s1. The van der Waals surface area contributed by atoms with E-state index in [-0.39, 0.29) is 23.4 Å². The molecule has 11 heteroatoms. The molecule has 3 aliphatic rings. The van der Waals surface area contributed by atoms with Gasteiger partial charge in [-0.1, -0.05) is 43.0 Å². The molecular weight excluding hydrogens is 625 g/mol. The largest absolute Gasteiger partial charge is 0.416 e.